The second kappa shape index (κ2) is 5.54. The summed E-state index contributed by atoms with van der Waals surface area (Å²) in [5.41, 5.74) is 9.57. The maximum absolute atomic E-state index is 13.0. The van der Waals surface area contributed by atoms with Crippen molar-refractivity contribution in [2.75, 3.05) is 24.2 Å². The van der Waals surface area contributed by atoms with Gasteiger partial charge in [-0.25, -0.2) is 0 Å². The summed E-state index contributed by atoms with van der Waals surface area (Å²) < 4.78 is 6.76. The zero-order valence-corrected chi connectivity index (χ0v) is 13.3. The maximum atomic E-state index is 13.0. The summed E-state index contributed by atoms with van der Waals surface area (Å²) in [6.45, 7) is 1.73. The second-order valence-electron chi connectivity index (χ2n) is 5.84. The Bertz CT molecular complexity index is 787. The van der Waals surface area contributed by atoms with Crippen LogP contribution in [0, 0.1) is 0 Å². The van der Waals surface area contributed by atoms with Gasteiger partial charge in [0, 0.05) is 18.5 Å². The second-order valence-corrected chi connectivity index (χ2v) is 6.24. The molecule has 0 bridgehead atoms. The molecule has 120 valence electrons. The number of nitrogens with zero attached hydrogens (tertiary/aromatic N) is 2. The molecule has 0 fully saturated rings. The average Bonchev–Trinajstić information content (AvgIpc) is 2.92. The summed E-state index contributed by atoms with van der Waals surface area (Å²) in [5.74, 6) is -0.0109. The van der Waals surface area contributed by atoms with Crippen molar-refractivity contribution in [2.45, 2.75) is 25.4 Å². The van der Waals surface area contributed by atoms with Crippen LogP contribution in [0.2, 0.25) is 5.02 Å². The lowest BCUT2D eigenvalue weighted by atomic mass is 9.90. The van der Waals surface area contributed by atoms with Crippen LogP contribution in [0.3, 0.4) is 0 Å². The fraction of sp³-hybridized carbons (Fsp3) is 0.375. The Morgan fingerprint density at radius 3 is 3.17 bits per heavy atom. The lowest BCUT2D eigenvalue weighted by molar-refractivity contribution is 0.0859. The zero-order valence-electron chi connectivity index (χ0n) is 12.5. The molecule has 4 rings (SSSR count). The van der Waals surface area contributed by atoms with Crippen LogP contribution in [-0.2, 0) is 17.8 Å². The number of hydrogen-bond acceptors (Lipinski definition) is 5. The van der Waals surface area contributed by atoms with Gasteiger partial charge in [0.2, 0.25) is 0 Å². The van der Waals surface area contributed by atoms with E-state index in [1.807, 2.05) is 18.2 Å². The predicted molar refractivity (Wildman–Crippen MR) is 87.9 cm³/mol. The van der Waals surface area contributed by atoms with Crippen LogP contribution in [0.5, 0.6) is 0 Å². The van der Waals surface area contributed by atoms with Crippen molar-refractivity contribution in [1.82, 2.24) is 9.78 Å². The standard InChI is InChI=1S/C16H17ClN4O2/c17-12-3-1-2-9-10(4-6-19-14(9)12)16(22)21-15(18)11-8-23-7-5-13(11)20-21/h1-3,10,19H,4-8,18H2. The normalized spacial score (nSPS) is 19.6. The quantitative estimate of drug-likeness (QED) is 0.838. The molecule has 0 aliphatic carbocycles. The third-order valence-corrected chi connectivity index (χ3v) is 4.81. The highest BCUT2D eigenvalue weighted by Gasteiger charge is 2.32. The summed E-state index contributed by atoms with van der Waals surface area (Å²) in [6, 6.07) is 5.61. The van der Waals surface area contributed by atoms with Gasteiger partial charge in [0.25, 0.3) is 5.91 Å². The Morgan fingerprint density at radius 2 is 2.35 bits per heavy atom. The molecule has 1 atom stereocenters. The van der Waals surface area contributed by atoms with Crippen molar-refractivity contribution in [3.8, 4) is 0 Å². The van der Waals surface area contributed by atoms with E-state index in [1.54, 1.807) is 0 Å². The topological polar surface area (TPSA) is 82.2 Å². The molecule has 0 amide bonds. The van der Waals surface area contributed by atoms with Crippen molar-refractivity contribution >= 4 is 29.0 Å². The van der Waals surface area contributed by atoms with Crippen LogP contribution in [0.25, 0.3) is 0 Å². The number of benzene rings is 1. The van der Waals surface area contributed by atoms with Crippen LogP contribution in [0.1, 0.15) is 34.0 Å². The largest absolute Gasteiger partial charge is 0.384 e. The van der Waals surface area contributed by atoms with E-state index in [1.165, 1.54) is 4.68 Å². The van der Waals surface area contributed by atoms with Crippen molar-refractivity contribution in [3.63, 3.8) is 0 Å². The summed E-state index contributed by atoms with van der Waals surface area (Å²) in [7, 11) is 0. The zero-order chi connectivity index (χ0) is 16.0. The molecule has 1 unspecified atom stereocenters. The van der Waals surface area contributed by atoms with Crippen LogP contribution in [-0.4, -0.2) is 28.8 Å². The minimum Gasteiger partial charge on any atom is -0.384 e. The van der Waals surface area contributed by atoms with E-state index in [0.29, 0.717) is 43.4 Å². The van der Waals surface area contributed by atoms with Crippen LogP contribution in [0.4, 0.5) is 11.5 Å². The van der Waals surface area contributed by atoms with Crippen molar-refractivity contribution in [1.29, 1.82) is 0 Å². The number of nitrogens with one attached hydrogen (secondary N) is 1. The van der Waals surface area contributed by atoms with E-state index >= 15 is 0 Å². The summed E-state index contributed by atoms with van der Waals surface area (Å²) >= 11 is 6.23. The van der Waals surface area contributed by atoms with Gasteiger partial charge >= 0.3 is 0 Å². The third-order valence-electron chi connectivity index (χ3n) is 4.50. The van der Waals surface area contributed by atoms with Gasteiger partial charge in [-0.2, -0.15) is 9.78 Å². The molecule has 3 N–H and O–H groups in total. The van der Waals surface area contributed by atoms with E-state index < -0.39 is 0 Å². The lowest BCUT2D eigenvalue weighted by Gasteiger charge is -2.26. The molecule has 0 saturated heterocycles. The molecular formula is C16H17ClN4O2. The SMILES string of the molecule is Nc1c2c(nn1C(=O)C1CCNc3c(Cl)cccc31)CCOC2. The number of hydrogen-bond donors (Lipinski definition) is 2. The molecule has 23 heavy (non-hydrogen) atoms. The first-order chi connectivity index (χ1) is 11.2. The molecule has 2 aliphatic heterocycles. The fourth-order valence-electron chi connectivity index (χ4n) is 3.30. The van der Waals surface area contributed by atoms with E-state index in [0.717, 1.165) is 22.5 Å². The number of nitrogens with two attached hydrogens (primary N) is 1. The number of fused-ring (bicyclic) bond motifs is 2. The Labute approximate surface area is 138 Å². The molecule has 0 radical (unpaired) electrons. The van der Waals surface area contributed by atoms with Crippen molar-refractivity contribution < 1.29 is 9.53 Å². The minimum absolute atomic E-state index is 0.109. The highest BCUT2D eigenvalue weighted by atomic mass is 35.5. The van der Waals surface area contributed by atoms with E-state index in [2.05, 4.69) is 10.4 Å². The number of nitrogen functional groups attached to an aromatic ring is 1. The van der Waals surface area contributed by atoms with E-state index in [9.17, 15) is 4.79 Å². The Morgan fingerprint density at radius 1 is 1.48 bits per heavy atom. The first kappa shape index (κ1) is 14.5. The Balaban J connectivity index is 1.74. The third kappa shape index (κ3) is 2.29. The first-order valence-corrected chi connectivity index (χ1v) is 8.05. The molecule has 1 aromatic heterocycles. The highest BCUT2D eigenvalue weighted by Crippen LogP contribution is 2.38. The number of halogens is 1. The molecule has 6 nitrogen and oxygen atoms in total. The van der Waals surface area contributed by atoms with Gasteiger partial charge < -0.3 is 15.8 Å². The molecule has 1 aromatic carbocycles. The summed E-state index contributed by atoms with van der Waals surface area (Å²) in [5, 5.41) is 8.32. The lowest BCUT2D eigenvalue weighted by Crippen LogP contribution is -2.28. The van der Waals surface area contributed by atoms with Crippen LogP contribution in [0.15, 0.2) is 18.2 Å². The fourth-order valence-corrected chi connectivity index (χ4v) is 3.55. The van der Waals surface area contributed by atoms with E-state index in [4.69, 9.17) is 22.1 Å². The Kier molecular flexibility index (Phi) is 3.50. The van der Waals surface area contributed by atoms with Crippen molar-refractivity contribution in [3.05, 3.63) is 40.0 Å². The predicted octanol–water partition coefficient (Wildman–Crippen LogP) is 2.43. The molecule has 3 heterocycles. The van der Waals surface area contributed by atoms with Crippen LogP contribution >= 0.6 is 11.6 Å². The van der Waals surface area contributed by atoms with E-state index in [-0.39, 0.29) is 11.8 Å². The molecule has 0 spiro atoms. The van der Waals surface area contributed by atoms with Gasteiger partial charge in [0.05, 0.1) is 35.5 Å². The van der Waals surface area contributed by atoms with Gasteiger partial charge in [-0.15, -0.1) is 0 Å². The minimum atomic E-state index is -0.297. The molecule has 0 saturated carbocycles. The smallest absolute Gasteiger partial charge is 0.256 e. The number of carbonyl (C=O) groups is 1. The van der Waals surface area contributed by atoms with Gasteiger partial charge in [-0.1, -0.05) is 23.7 Å². The summed E-state index contributed by atoms with van der Waals surface area (Å²) in [6.07, 6.45) is 1.38. The molecule has 7 heteroatoms. The number of anilines is 2. The molecule has 2 aromatic rings. The first-order valence-electron chi connectivity index (χ1n) is 7.67. The molecule has 2 aliphatic rings. The number of aromatic nitrogens is 2. The van der Waals surface area contributed by atoms with Gasteiger partial charge in [0.1, 0.15) is 5.82 Å². The number of ether oxygens (including phenoxy) is 1. The number of carbonyl (C=O) groups excluding carboxylic acids is 1. The summed E-state index contributed by atoms with van der Waals surface area (Å²) in [4.78, 5) is 13.0. The monoisotopic (exact) mass is 332 g/mol. The van der Waals surface area contributed by atoms with Crippen LogP contribution < -0.4 is 11.1 Å². The highest BCUT2D eigenvalue weighted by molar-refractivity contribution is 6.33. The average molecular weight is 333 g/mol. The number of para-hydroxylation sites is 1. The van der Waals surface area contributed by atoms with Gasteiger partial charge in [0.15, 0.2) is 0 Å². The van der Waals surface area contributed by atoms with Gasteiger partial charge in [-0.3, -0.25) is 4.79 Å². The Hall–Kier alpha value is -2.05. The van der Waals surface area contributed by atoms with Crippen molar-refractivity contribution in [2.24, 2.45) is 0 Å². The molecular weight excluding hydrogens is 316 g/mol. The van der Waals surface area contributed by atoms with Gasteiger partial charge in [-0.05, 0) is 18.1 Å². The number of rotatable bonds is 1. The maximum Gasteiger partial charge on any atom is 0.256 e.